The number of aromatic nitrogens is 2. The van der Waals surface area contributed by atoms with Crippen molar-refractivity contribution in [3.8, 4) is 0 Å². The van der Waals surface area contributed by atoms with Crippen LogP contribution in [0.5, 0.6) is 0 Å². The maximum Gasteiger partial charge on any atom is 0.315 e. The first-order chi connectivity index (χ1) is 8.38. The summed E-state index contributed by atoms with van der Waals surface area (Å²) in [5.41, 5.74) is 0. The zero-order chi connectivity index (χ0) is 11.9. The Morgan fingerprint density at radius 2 is 2.06 bits per heavy atom. The molecule has 0 atom stereocenters. The summed E-state index contributed by atoms with van der Waals surface area (Å²) in [6.07, 6.45) is 7.50. The number of rotatable bonds is 6. The van der Waals surface area contributed by atoms with Gasteiger partial charge in [-0.15, -0.1) is 5.10 Å². The predicted molar refractivity (Wildman–Crippen MR) is 66.8 cm³/mol. The van der Waals surface area contributed by atoms with E-state index in [1.54, 1.807) is 0 Å². The molecular weight excluding hydrogens is 216 g/mol. The van der Waals surface area contributed by atoms with E-state index in [2.05, 4.69) is 27.8 Å². The zero-order valence-electron chi connectivity index (χ0n) is 10.5. The smallest absolute Gasteiger partial charge is 0.315 e. The van der Waals surface area contributed by atoms with Crippen LogP contribution in [0.2, 0.25) is 0 Å². The second-order valence-electron chi connectivity index (χ2n) is 4.66. The molecule has 2 rings (SSSR count). The van der Waals surface area contributed by atoms with Crippen LogP contribution in [-0.2, 0) is 6.54 Å². The van der Waals surface area contributed by atoms with Crippen LogP contribution in [0.25, 0.3) is 0 Å². The Morgan fingerprint density at radius 3 is 2.82 bits per heavy atom. The molecule has 2 N–H and O–H groups in total. The molecule has 1 aliphatic carbocycles. The number of nitrogens with one attached hydrogen (secondary N) is 2. The van der Waals surface area contributed by atoms with Crippen molar-refractivity contribution in [1.29, 1.82) is 0 Å². The summed E-state index contributed by atoms with van der Waals surface area (Å²) in [5, 5.41) is 14.6. The van der Waals surface area contributed by atoms with Crippen LogP contribution >= 0.6 is 0 Å². The molecule has 1 aromatic heterocycles. The Kier molecular flexibility index (Phi) is 4.79. The Labute approximate surface area is 102 Å². The standard InChI is InChI=1S/C12H22N4O/c1-2-8-13-9-11-15-16-12(17-11)14-10-6-4-3-5-7-10/h10,13H,2-9H2,1H3,(H,14,16). The van der Waals surface area contributed by atoms with Crippen molar-refractivity contribution < 1.29 is 4.42 Å². The lowest BCUT2D eigenvalue weighted by atomic mass is 9.96. The van der Waals surface area contributed by atoms with Crippen LogP contribution in [-0.4, -0.2) is 22.8 Å². The average molecular weight is 238 g/mol. The minimum Gasteiger partial charge on any atom is -0.407 e. The van der Waals surface area contributed by atoms with Crippen molar-refractivity contribution in [3.05, 3.63) is 5.89 Å². The van der Waals surface area contributed by atoms with E-state index in [1.165, 1.54) is 32.1 Å². The van der Waals surface area contributed by atoms with Gasteiger partial charge >= 0.3 is 6.01 Å². The topological polar surface area (TPSA) is 63.0 Å². The molecule has 1 aliphatic rings. The largest absolute Gasteiger partial charge is 0.407 e. The fourth-order valence-corrected chi connectivity index (χ4v) is 2.18. The van der Waals surface area contributed by atoms with Gasteiger partial charge in [0.1, 0.15) is 0 Å². The van der Waals surface area contributed by atoms with E-state index in [1.807, 2.05) is 0 Å². The van der Waals surface area contributed by atoms with Crippen molar-refractivity contribution in [1.82, 2.24) is 15.5 Å². The van der Waals surface area contributed by atoms with Crippen molar-refractivity contribution in [2.75, 3.05) is 11.9 Å². The number of hydrogen-bond donors (Lipinski definition) is 2. The second kappa shape index (κ2) is 6.59. The van der Waals surface area contributed by atoms with E-state index >= 15 is 0 Å². The minimum absolute atomic E-state index is 0.514. The van der Waals surface area contributed by atoms with Crippen LogP contribution in [0.3, 0.4) is 0 Å². The lowest BCUT2D eigenvalue weighted by molar-refractivity contribution is 0.435. The van der Waals surface area contributed by atoms with Gasteiger partial charge in [-0.2, -0.15) is 0 Å². The summed E-state index contributed by atoms with van der Waals surface area (Å²) in [6.45, 7) is 3.78. The summed E-state index contributed by atoms with van der Waals surface area (Å²) in [4.78, 5) is 0. The molecular formula is C12H22N4O. The summed E-state index contributed by atoms with van der Waals surface area (Å²) >= 11 is 0. The van der Waals surface area contributed by atoms with Gasteiger partial charge in [-0.05, 0) is 25.8 Å². The Balaban J connectivity index is 1.76. The van der Waals surface area contributed by atoms with Gasteiger partial charge in [-0.1, -0.05) is 31.3 Å². The average Bonchev–Trinajstić information content (AvgIpc) is 2.79. The first-order valence-corrected chi connectivity index (χ1v) is 6.68. The summed E-state index contributed by atoms with van der Waals surface area (Å²) < 4.78 is 5.54. The number of nitrogens with zero attached hydrogens (tertiary/aromatic N) is 2. The van der Waals surface area contributed by atoms with E-state index in [0.29, 0.717) is 24.5 Å². The van der Waals surface area contributed by atoms with Crippen LogP contribution < -0.4 is 10.6 Å². The normalized spacial score (nSPS) is 17.2. The highest BCUT2D eigenvalue weighted by molar-refractivity contribution is 5.19. The Morgan fingerprint density at radius 1 is 1.24 bits per heavy atom. The third kappa shape index (κ3) is 4.00. The molecule has 0 unspecified atom stereocenters. The molecule has 0 radical (unpaired) electrons. The lowest BCUT2D eigenvalue weighted by Gasteiger charge is -2.21. The van der Waals surface area contributed by atoms with Crippen LogP contribution in [0.4, 0.5) is 6.01 Å². The van der Waals surface area contributed by atoms with Crippen LogP contribution in [0.15, 0.2) is 4.42 Å². The highest BCUT2D eigenvalue weighted by Gasteiger charge is 2.15. The molecule has 0 amide bonds. The third-order valence-electron chi connectivity index (χ3n) is 3.10. The van der Waals surface area contributed by atoms with E-state index in [-0.39, 0.29) is 0 Å². The van der Waals surface area contributed by atoms with Gasteiger partial charge in [-0.3, -0.25) is 0 Å². The highest BCUT2D eigenvalue weighted by Crippen LogP contribution is 2.20. The van der Waals surface area contributed by atoms with E-state index in [0.717, 1.165) is 13.0 Å². The third-order valence-corrected chi connectivity index (χ3v) is 3.10. The van der Waals surface area contributed by atoms with Gasteiger partial charge in [0.05, 0.1) is 6.54 Å². The second-order valence-corrected chi connectivity index (χ2v) is 4.66. The van der Waals surface area contributed by atoms with Crippen LogP contribution in [0.1, 0.15) is 51.3 Å². The predicted octanol–water partition coefficient (Wildman–Crippen LogP) is 2.31. The maximum atomic E-state index is 5.54. The Bertz CT molecular complexity index is 320. The van der Waals surface area contributed by atoms with Crippen molar-refractivity contribution in [3.63, 3.8) is 0 Å². The molecule has 0 saturated heterocycles. The van der Waals surface area contributed by atoms with E-state index < -0.39 is 0 Å². The first kappa shape index (κ1) is 12.4. The molecule has 1 heterocycles. The fraction of sp³-hybridized carbons (Fsp3) is 0.833. The molecule has 1 fully saturated rings. The quantitative estimate of drug-likeness (QED) is 0.745. The molecule has 5 nitrogen and oxygen atoms in total. The summed E-state index contributed by atoms with van der Waals surface area (Å²) in [6, 6.07) is 1.09. The lowest BCUT2D eigenvalue weighted by Crippen LogP contribution is -2.22. The van der Waals surface area contributed by atoms with Gasteiger partial charge < -0.3 is 15.1 Å². The highest BCUT2D eigenvalue weighted by atomic mass is 16.4. The fourth-order valence-electron chi connectivity index (χ4n) is 2.18. The molecule has 1 aromatic rings. The van der Waals surface area contributed by atoms with Gasteiger partial charge in [0.25, 0.3) is 0 Å². The molecule has 17 heavy (non-hydrogen) atoms. The zero-order valence-corrected chi connectivity index (χ0v) is 10.5. The SMILES string of the molecule is CCCNCc1nnc(NC2CCCCC2)o1. The number of hydrogen-bond acceptors (Lipinski definition) is 5. The summed E-state index contributed by atoms with van der Waals surface area (Å²) in [5.74, 6) is 0.664. The molecule has 96 valence electrons. The monoisotopic (exact) mass is 238 g/mol. The van der Waals surface area contributed by atoms with Gasteiger partial charge in [0.2, 0.25) is 5.89 Å². The molecule has 1 saturated carbocycles. The van der Waals surface area contributed by atoms with Gasteiger partial charge in [0, 0.05) is 6.04 Å². The molecule has 0 aliphatic heterocycles. The molecule has 0 aromatic carbocycles. The maximum absolute atomic E-state index is 5.54. The summed E-state index contributed by atoms with van der Waals surface area (Å²) in [7, 11) is 0. The van der Waals surface area contributed by atoms with Gasteiger partial charge in [-0.25, -0.2) is 0 Å². The van der Waals surface area contributed by atoms with Crippen molar-refractivity contribution >= 4 is 6.01 Å². The van der Waals surface area contributed by atoms with Gasteiger partial charge in [0.15, 0.2) is 0 Å². The van der Waals surface area contributed by atoms with Crippen LogP contribution in [0, 0.1) is 0 Å². The molecule has 0 bridgehead atoms. The van der Waals surface area contributed by atoms with Crippen molar-refractivity contribution in [2.24, 2.45) is 0 Å². The number of anilines is 1. The van der Waals surface area contributed by atoms with Crippen molar-refractivity contribution in [2.45, 2.75) is 58.0 Å². The minimum atomic E-state index is 0.514. The van der Waals surface area contributed by atoms with E-state index in [9.17, 15) is 0 Å². The first-order valence-electron chi connectivity index (χ1n) is 6.68. The molecule has 5 heteroatoms. The Hall–Kier alpha value is -1.10. The van der Waals surface area contributed by atoms with E-state index in [4.69, 9.17) is 4.42 Å². The molecule has 0 spiro atoms.